The Kier molecular flexibility index (Phi) is 4.76. The molecule has 0 fully saturated rings. The van der Waals surface area contributed by atoms with Crippen LogP contribution in [0.15, 0.2) is 69.3 Å². The van der Waals surface area contributed by atoms with E-state index in [4.69, 9.17) is 0 Å². The molecule has 128 valence electrons. The Balaban J connectivity index is 2.25. The maximum Gasteiger partial charge on any atom is 0.194 e. The zero-order valence-corrected chi connectivity index (χ0v) is 13.2. The molecule has 0 aromatic heterocycles. The summed E-state index contributed by atoms with van der Waals surface area (Å²) < 4.78 is 81.0. The van der Waals surface area contributed by atoms with E-state index in [-0.39, 0.29) is 9.79 Å². The third kappa shape index (κ3) is 3.37. The zero-order chi connectivity index (χ0) is 18.1. The second-order valence-corrected chi connectivity index (χ2v) is 7.05. The zero-order valence-electron chi connectivity index (χ0n) is 12.4. The van der Waals surface area contributed by atoms with Crippen molar-refractivity contribution in [2.24, 2.45) is 0 Å². The molecule has 0 heterocycles. The highest BCUT2D eigenvalue weighted by molar-refractivity contribution is 7.97. The lowest BCUT2D eigenvalue weighted by molar-refractivity contribution is 0.442. The van der Waals surface area contributed by atoms with E-state index in [1.165, 1.54) is 0 Å². The highest BCUT2D eigenvalue weighted by Gasteiger charge is 2.33. The lowest BCUT2D eigenvalue weighted by atomic mass is 10.3. The highest BCUT2D eigenvalue weighted by atomic mass is 32.2. The summed E-state index contributed by atoms with van der Waals surface area (Å²) >= 11 is 0. The van der Waals surface area contributed by atoms with Crippen molar-refractivity contribution in [3.63, 3.8) is 0 Å². The molecular formula is C18H9F6S+. The first-order valence-electron chi connectivity index (χ1n) is 6.97. The maximum absolute atomic E-state index is 13.6. The molecule has 0 unspecified atom stereocenters. The summed E-state index contributed by atoms with van der Waals surface area (Å²) in [6.07, 6.45) is 0. The average molecular weight is 371 g/mol. The molecular weight excluding hydrogens is 362 g/mol. The van der Waals surface area contributed by atoms with Crippen LogP contribution in [0.5, 0.6) is 0 Å². The van der Waals surface area contributed by atoms with Gasteiger partial charge in [-0.2, -0.15) is 0 Å². The van der Waals surface area contributed by atoms with Gasteiger partial charge in [-0.3, -0.25) is 0 Å². The van der Waals surface area contributed by atoms with Gasteiger partial charge in [0.1, 0.15) is 0 Å². The smallest absolute Gasteiger partial charge is 0.194 e. The van der Waals surface area contributed by atoms with E-state index in [2.05, 4.69) is 0 Å². The van der Waals surface area contributed by atoms with Crippen LogP contribution in [0.1, 0.15) is 0 Å². The Morgan fingerprint density at radius 2 is 0.840 bits per heavy atom. The average Bonchev–Trinajstić information content (AvgIpc) is 2.58. The number of halogens is 6. The molecule has 0 aliphatic rings. The summed E-state index contributed by atoms with van der Waals surface area (Å²) in [5, 5.41) is 0. The van der Waals surface area contributed by atoms with Crippen LogP contribution in [-0.2, 0) is 10.9 Å². The largest absolute Gasteiger partial charge is 0.203 e. The number of rotatable bonds is 3. The molecule has 25 heavy (non-hydrogen) atoms. The van der Waals surface area contributed by atoms with Crippen LogP contribution >= 0.6 is 0 Å². The van der Waals surface area contributed by atoms with Gasteiger partial charge in [-0.25, -0.2) is 26.3 Å². The normalized spacial score (nSPS) is 11.2. The van der Waals surface area contributed by atoms with E-state index in [1.807, 2.05) is 0 Å². The SMILES string of the molecule is Fc1cc([S+](c2ccccc2)c2cc(F)c(F)c(F)c2)cc(F)c1F. The van der Waals surface area contributed by atoms with Crippen LogP contribution in [-0.4, -0.2) is 0 Å². The van der Waals surface area contributed by atoms with Crippen LogP contribution in [0.3, 0.4) is 0 Å². The van der Waals surface area contributed by atoms with Gasteiger partial charge < -0.3 is 0 Å². The molecule has 0 N–H and O–H groups in total. The minimum atomic E-state index is -1.64. The molecule has 0 amide bonds. The Bertz CT molecular complexity index is 823. The van der Waals surface area contributed by atoms with Crippen molar-refractivity contribution < 1.29 is 26.3 Å². The van der Waals surface area contributed by atoms with Gasteiger partial charge >= 0.3 is 0 Å². The van der Waals surface area contributed by atoms with Crippen LogP contribution in [0.25, 0.3) is 0 Å². The molecule has 0 saturated carbocycles. The lowest BCUT2D eigenvalue weighted by Gasteiger charge is -2.09. The van der Waals surface area contributed by atoms with Crippen LogP contribution in [0, 0.1) is 34.9 Å². The molecule has 3 aromatic carbocycles. The topological polar surface area (TPSA) is 0 Å². The molecule has 7 heteroatoms. The van der Waals surface area contributed by atoms with Crippen molar-refractivity contribution in [3.05, 3.63) is 89.5 Å². The van der Waals surface area contributed by atoms with Gasteiger partial charge in [0.25, 0.3) is 0 Å². The van der Waals surface area contributed by atoms with Gasteiger partial charge in [0.05, 0.1) is 10.9 Å². The highest BCUT2D eigenvalue weighted by Crippen LogP contribution is 2.34. The van der Waals surface area contributed by atoms with Crippen molar-refractivity contribution >= 4 is 10.9 Å². The molecule has 0 bridgehead atoms. The lowest BCUT2D eigenvalue weighted by Crippen LogP contribution is -2.09. The first kappa shape index (κ1) is 17.4. The van der Waals surface area contributed by atoms with Gasteiger partial charge in [-0.1, -0.05) is 18.2 Å². The van der Waals surface area contributed by atoms with Crippen LogP contribution in [0.4, 0.5) is 26.3 Å². The summed E-state index contributed by atoms with van der Waals surface area (Å²) in [4.78, 5) is 0.402. The van der Waals surface area contributed by atoms with Crippen LogP contribution in [0.2, 0.25) is 0 Å². The third-order valence-electron chi connectivity index (χ3n) is 3.36. The first-order chi connectivity index (χ1) is 11.9. The number of hydrogen-bond acceptors (Lipinski definition) is 0. The van der Waals surface area contributed by atoms with Crippen molar-refractivity contribution in [2.75, 3.05) is 0 Å². The summed E-state index contributed by atoms with van der Waals surface area (Å²) in [7, 11) is -1.37. The molecule has 3 rings (SSSR count). The second-order valence-electron chi connectivity index (χ2n) is 5.02. The van der Waals surface area contributed by atoms with Crippen molar-refractivity contribution in [2.45, 2.75) is 14.7 Å². The van der Waals surface area contributed by atoms with E-state index in [9.17, 15) is 26.3 Å². The van der Waals surface area contributed by atoms with E-state index < -0.39 is 45.8 Å². The molecule has 0 saturated heterocycles. The van der Waals surface area contributed by atoms with Gasteiger partial charge in [0.15, 0.2) is 49.6 Å². The van der Waals surface area contributed by atoms with E-state index >= 15 is 0 Å². The van der Waals surface area contributed by atoms with E-state index in [1.54, 1.807) is 30.3 Å². The minimum Gasteiger partial charge on any atom is -0.203 e. The van der Waals surface area contributed by atoms with Gasteiger partial charge in [-0.05, 0) is 12.1 Å². The van der Waals surface area contributed by atoms with Gasteiger partial charge in [-0.15, -0.1) is 0 Å². The van der Waals surface area contributed by atoms with E-state index in [0.29, 0.717) is 4.90 Å². The maximum atomic E-state index is 13.6. The first-order valence-corrected chi connectivity index (χ1v) is 8.19. The molecule has 0 atom stereocenters. The molecule has 0 aliphatic carbocycles. The fourth-order valence-electron chi connectivity index (χ4n) is 2.27. The Morgan fingerprint density at radius 1 is 0.480 bits per heavy atom. The minimum absolute atomic E-state index is 0.0343. The summed E-state index contributed by atoms with van der Waals surface area (Å²) in [6.45, 7) is 0. The molecule has 0 spiro atoms. The Morgan fingerprint density at radius 3 is 1.20 bits per heavy atom. The molecule has 0 aliphatic heterocycles. The van der Waals surface area contributed by atoms with Gasteiger partial charge in [0, 0.05) is 24.3 Å². The number of hydrogen-bond donors (Lipinski definition) is 0. The summed E-state index contributed by atoms with van der Waals surface area (Å²) in [5.41, 5.74) is 0. The molecule has 0 nitrogen and oxygen atoms in total. The fourth-order valence-corrected chi connectivity index (χ4v) is 4.40. The Hall–Kier alpha value is -2.41. The fraction of sp³-hybridized carbons (Fsp3) is 0. The Labute approximate surface area is 142 Å². The molecule has 3 aromatic rings. The van der Waals surface area contributed by atoms with Crippen molar-refractivity contribution in [1.82, 2.24) is 0 Å². The predicted octanol–water partition coefficient (Wildman–Crippen LogP) is 5.62. The predicted molar refractivity (Wildman–Crippen MR) is 81.2 cm³/mol. The molecule has 0 radical (unpaired) electrons. The third-order valence-corrected chi connectivity index (χ3v) is 5.52. The van der Waals surface area contributed by atoms with Crippen molar-refractivity contribution in [1.29, 1.82) is 0 Å². The van der Waals surface area contributed by atoms with Crippen LogP contribution < -0.4 is 0 Å². The number of benzene rings is 3. The monoisotopic (exact) mass is 371 g/mol. The van der Waals surface area contributed by atoms with Crippen molar-refractivity contribution in [3.8, 4) is 0 Å². The van der Waals surface area contributed by atoms with Gasteiger partial charge in [0.2, 0.25) is 0 Å². The summed E-state index contributed by atoms with van der Waals surface area (Å²) in [6, 6.07) is 11.1. The second kappa shape index (κ2) is 6.84. The van der Waals surface area contributed by atoms with E-state index in [0.717, 1.165) is 24.3 Å². The summed E-state index contributed by atoms with van der Waals surface area (Å²) in [5.74, 6) is -8.98. The standard InChI is InChI=1S/C18H9F6S/c19-13-6-11(7-14(20)17(13)23)25(10-4-2-1-3-5-10)12-8-15(21)18(24)16(22)9-12/h1-9H/q+1. The quantitative estimate of drug-likeness (QED) is 0.319.